The minimum atomic E-state index is 0.127. The smallest absolute Gasteiger partial charge is 0.188 e. The van der Waals surface area contributed by atoms with Crippen molar-refractivity contribution in [3.8, 4) is 5.75 Å². The molecule has 1 atom stereocenters. The molecular weight excluding hydrogens is 192 g/mol. The van der Waals surface area contributed by atoms with E-state index in [1.807, 2.05) is 0 Å². The van der Waals surface area contributed by atoms with Crippen molar-refractivity contribution in [1.82, 2.24) is 9.78 Å². The van der Waals surface area contributed by atoms with Gasteiger partial charge in [-0.3, -0.25) is 9.48 Å². The molecule has 0 amide bonds. The van der Waals surface area contributed by atoms with Crippen molar-refractivity contribution in [3.63, 3.8) is 0 Å². The van der Waals surface area contributed by atoms with Crippen LogP contribution < -0.4 is 4.74 Å². The lowest BCUT2D eigenvalue weighted by atomic mass is 10.0. The number of methoxy groups -OCH3 is 1. The first kappa shape index (κ1) is 10.2. The molecule has 15 heavy (non-hydrogen) atoms. The predicted octanol–water partition coefficient (Wildman–Crippen LogP) is 1.66. The highest BCUT2D eigenvalue weighted by molar-refractivity contribution is 6.00. The molecule has 0 N–H and O–H groups in total. The van der Waals surface area contributed by atoms with E-state index in [2.05, 4.69) is 18.9 Å². The van der Waals surface area contributed by atoms with E-state index in [4.69, 9.17) is 4.74 Å². The van der Waals surface area contributed by atoms with Crippen molar-refractivity contribution in [2.75, 3.05) is 7.11 Å². The van der Waals surface area contributed by atoms with Crippen LogP contribution in [0.25, 0.3) is 0 Å². The summed E-state index contributed by atoms with van der Waals surface area (Å²) in [5, 5.41) is 4.04. The predicted molar refractivity (Wildman–Crippen MR) is 56.0 cm³/mol. The molecule has 4 heteroatoms. The number of ether oxygens (including phenoxy) is 1. The molecule has 1 aliphatic carbocycles. The van der Waals surface area contributed by atoms with Crippen molar-refractivity contribution in [3.05, 3.63) is 11.9 Å². The highest BCUT2D eigenvalue weighted by Crippen LogP contribution is 2.53. The first-order valence-electron chi connectivity index (χ1n) is 5.07. The Kier molecular flexibility index (Phi) is 2.10. The first-order valence-corrected chi connectivity index (χ1v) is 5.07. The lowest BCUT2D eigenvalue weighted by Gasteiger charge is -2.05. The van der Waals surface area contributed by atoms with Gasteiger partial charge in [0.05, 0.1) is 13.3 Å². The lowest BCUT2D eigenvalue weighted by Crippen LogP contribution is -2.12. The number of aryl methyl sites for hydroxylation is 1. The maximum atomic E-state index is 12.1. The molecule has 1 heterocycles. The number of nitrogens with zero attached hydrogens (tertiary/aromatic N) is 2. The zero-order valence-corrected chi connectivity index (χ0v) is 9.57. The van der Waals surface area contributed by atoms with Crippen LogP contribution in [0.15, 0.2) is 6.20 Å². The van der Waals surface area contributed by atoms with E-state index in [0.717, 1.165) is 6.42 Å². The van der Waals surface area contributed by atoms with Crippen molar-refractivity contribution in [2.45, 2.75) is 20.3 Å². The Morgan fingerprint density at radius 1 is 1.67 bits per heavy atom. The fourth-order valence-corrected chi connectivity index (χ4v) is 1.93. The van der Waals surface area contributed by atoms with Gasteiger partial charge in [-0.25, -0.2) is 0 Å². The normalized spacial score (nSPS) is 22.5. The van der Waals surface area contributed by atoms with Crippen LogP contribution in [0.1, 0.15) is 30.8 Å². The number of carbonyl (C=O) groups excluding carboxylic acids is 1. The van der Waals surface area contributed by atoms with Crippen molar-refractivity contribution >= 4 is 5.78 Å². The average Bonchev–Trinajstić information content (AvgIpc) is 2.65. The van der Waals surface area contributed by atoms with Crippen molar-refractivity contribution in [1.29, 1.82) is 0 Å². The van der Waals surface area contributed by atoms with Gasteiger partial charge in [-0.15, -0.1) is 0 Å². The molecule has 0 radical (unpaired) electrons. The molecule has 1 saturated carbocycles. The van der Waals surface area contributed by atoms with Gasteiger partial charge in [0.15, 0.2) is 11.5 Å². The summed E-state index contributed by atoms with van der Waals surface area (Å²) >= 11 is 0. The number of rotatable bonds is 3. The van der Waals surface area contributed by atoms with Gasteiger partial charge in [0.1, 0.15) is 5.69 Å². The molecule has 4 nitrogen and oxygen atoms in total. The average molecular weight is 208 g/mol. The van der Waals surface area contributed by atoms with E-state index in [-0.39, 0.29) is 17.1 Å². The SMILES string of the molecule is COc1cnn(C)c1C(=O)C1CC1(C)C. The van der Waals surface area contributed by atoms with Crippen LogP contribution in [0.3, 0.4) is 0 Å². The van der Waals surface area contributed by atoms with Crippen LogP contribution in [0.4, 0.5) is 0 Å². The molecule has 0 bridgehead atoms. The van der Waals surface area contributed by atoms with Crippen LogP contribution in [0.2, 0.25) is 0 Å². The van der Waals surface area contributed by atoms with Crippen molar-refractivity contribution < 1.29 is 9.53 Å². The molecular formula is C11H16N2O2. The fourth-order valence-electron chi connectivity index (χ4n) is 1.93. The van der Waals surface area contributed by atoms with Crippen LogP contribution >= 0.6 is 0 Å². The summed E-state index contributed by atoms with van der Waals surface area (Å²) in [6, 6.07) is 0. The molecule has 0 saturated heterocycles. The maximum Gasteiger partial charge on any atom is 0.188 e. The zero-order valence-electron chi connectivity index (χ0n) is 9.57. The largest absolute Gasteiger partial charge is 0.493 e. The highest BCUT2D eigenvalue weighted by Gasteiger charge is 2.51. The van der Waals surface area contributed by atoms with Crippen LogP contribution in [0, 0.1) is 11.3 Å². The van der Waals surface area contributed by atoms with E-state index in [1.54, 1.807) is 25.0 Å². The van der Waals surface area contributed by atoms with E-state index >= 15 is 0 Å². The van der Waals surface area contributed by atoms with Gasteiger partial charge in [-0.2, -0.15) is 5.10 Å². The minimum absolute atomic E-state index is 0.127. The summed E-state index contributed by atoms with van der Waals surface area (Å²) < 4.78 is 6.72. The Bertz CT molecular complexity index is 407. The molecule has 82 valence electrons. The van der Waals surface area contributed by atoms with Crippen LogP contribution in [-0.4, -0.2) is 22.7 Å². The molecule has 1 fully saturated rings. The number of ketones is 1. The second-order valence-electron chi connectivity index (χ2n) is 4.79. The molecule has 0 spiro atoms. The summed E-state index contributed by atoms with van der Waals surface area (Å²) in [4.78, 5) is 12.1. The minimum Gasteiger partial charge on any atom is -0.493 e. The Hall–Kier alpha value is -1.32. The molecule has 0 aromatic carbocycles. The third-order valence-electron chi connectivity index (χ3n) is 3.19. The Morgan fingerprint density at radius 3 is 2.73 bits per heavy atom. The van der Waals surface area contributed by atoms with Gasteiger partial charge in [-0.05, 0) is 11.8 Å². The summed E-state index contributed by atoms with van der Waals surface area (Å²) in [7, 11) is 3.33. The lowest BCUT2D eigenvalue weighted by molar-refractivity contribution is 0.0940. The fraction of sp³-hybridized carbons (Fsp3) is 0.636. The van der Waals surface area contributed by atoms with E-state index in [1.165, 1.54) is 0 Å². The van der Waals surface area contributed by atoms with E-state index in [9.17, 15) is 4.79 Å². The van der Waals surface area contributed by atoms with E-state index < -0.39 is 0 Å². The van der Waals surface area contributed by atoms with Crippen molar-refractivity contribution in [2.24, 2.45) is 18.4 Å². The van der Waals surface area contributed by atoms with Crippen LogP contribution in [-0.2, 0) is 7.05 Å². The number of aromatic nitrogens is 2. The molecule has 1 aromatic heterocycles. The first-order chi connectivity index (χ1) is 6.97. The second kappa shape index (κ2) is 3.08. The Labute approximate surface area is 89.2 Å². The number of hydrogen-bond acceptors (Lipinski definition) is 3. The van der Waals surface area contributed by atoms with Gasteiger partial charge >= 0.3 is 0 Å². The third kappa shape index (κ3) is 1.54. The molecule has 2 rings (SSSR count). The second-order valence-corrected chi connectivity index (χ2v) is 4.79. The van der Waals surface area contributed by atoms with E-state index in [0.29, 0.717) is 11.4 Å². The Balaban J connectivity index is 2.30. The number of hydrogen-bond donors (Lipinski definition) is 0. The van der Waals surface area contributed by atoms with Gasteiger partial charge < -0.3 is 4.74 Å². The third-order valence-corrected chi connectivity index (χ3v) is 3.19. The number of carbonyl (C=O) groups is 1. The van der Waals surface area contributed by atoms with Crippen LogP contribution in [0.5, 0.6) is 5.75 Å². The topological polar surface area (TPSA) is 44.1 Å². The molecule has 1 unspecified atom stereocenters. The summed E-state index contributed by atoms with van der Waals surface area (Å²) in [5.74, 6) is 0.851. The molecule has 1 aromatic rings. The molecule has 0 aliphatic heterocycles. The monoisotopic (exact) mass is 208 g/mol. The van der Waals surface area contributed by atoms with Gasteiger partial charge in [0.2, 0.25) is 0 Å². The highest BCUT2D eigenvalue weighted by atomic mass is 16.5. The standard InChI is InChI=1S/C11H16N2O2/c1-11(2)5-7(11)10(14)9-8(15-4)6-12-13(9)3/h6-7H,5H2,1-4H3. The molecule has 1 aliphatic rings. The van der Waals surface area contributed by atoms with Gasteiger partial charge in [0.25, 0.3) is 0 Å². The Morgan fingerprint density at radius 2 is 2.27 bits per heavy atom. The van der Waals surface area contributed by atoms with Gasteiger partial charge in [0, 0.05) is 13.0 Å². The quantitative estimate of drug-likeness (QED) is 0.709. The zero-order chi connectivity index (χ0) is 11.2. The summed E-state index contributed by atoms with van der Waals surface area (Å²) in [5.41, 5.74) is 0.736. The maximum absolute atomic E-state index is 12.1. The summed E-state index contributed by atoms with van der Waals surface area (Å²) in [6.07, 6.45) is 2.54. The number of Topliss-reactive ketones (excluding diaryl/α,β-unsaturated/α-hetero) is 1. The summed E-state index contributed by atoms with van der Waals surface area (Å²) in [6.45, 7) is 4.22. The van der Waals surface area contributed by atoms with Gasteiger partial charge in [-0.1, -0.05) is 13.8 Å².